The lowest BCUT2D eigenvalue weighted by Crippen LogP contribution is -2.09. The number of alkyl halides is 9. The maximum absolute atomic E-state index is 14.5. The van der Waals surface area contributed by atoms with Crippen molar-refractivity contribution >= 4 is 43.6 Å². The van der Waals surface area contributed by atoms with Crippen LogP contribution in [-0.2, 0) is 18.5 Å². The number of halogens is 9. The van der Waals surface area contributed by atoms with Crippen molar-refractivity contribution in [3.05, 3.63) is 144 Å². The van der Waals surface area contributed by atoms with Crippen molar-refractivity contribution < 1.29 is 39.5 Å². The van der Waals surface area contributed by atoms with Crippen LogP contribution in [0.1, 0.15) is 22.3 Å². The lowest BCUT2D eigenvalue weighted by Gasteiger charge is -2.20. The highest BCUT2D eigenvalue weighted by atomic mass is 19.4. The molecule has 0 atom stereocenters. The van der Waals surface area contributed by atoms with Crippen LogP contribution in [0.4, 0.5) is 39.5 Å². The van der Waals surface area contributed by atoms with Crippen molar-refractivity contribution in [1.82, 2.24) is 9.13 Å². The minimum absolute atomic E-state index is 0.0151. The molecule has 0 saturated carbocycles. The number of rotatable bonds is 3. The fourth-order valence-corrected chi connectivity index (χ4v) is 7.03. The highest BCUT2D eigenvalue weighted by molar-refractivity contribution is 6.11. The second-order valence-corrected chi connectivity index (χ2v) is 12.2. The zero-order valence-corrected chi connectivity index (χ0v) is 26.3. The Kier molecular flexibility index (Phi) is 7.22. The number of nitrogens with zero attached hydrogens (tertiary/aromatic N) is 3. The van der Waals surface area contributed by atoms with E-state index in [1.807, 2.05) is 0 Å². The molecular weight excluding hydrogens is 693 g/mol. The lowest BCUT2D eigenvalue weighted by atomic mass is 9.96. The summed E-state index contributed by atoms with van der Waals surface area (Å²) in [7, 11) is 0. The number of nitriles is 1. The Balaban J connectivity index is 1.59. The van der Waals surface area contributed by atoms with Gasteiger partial charge in [-0.15, -0.1) is 0 Å². The normalized spacial score (nSPS) is 12.7. The topological polar surface area (TPSA) is 33.6 Å². The Morgan fingerprint density at radius 1 is 0.442 bits per heavy atom. The van der Waals surface area contributed by atoms with Gasteiger partial charge in [0.05, 0.1) is 50.1 Å². The lowest BCUT2D eigenvalue weighted by molar-refractivity contribution is -0.138. The summed E-state index contributed by atoms with van der Waals surface area (Å²) in [6.45, 7) is 0. The Bertz CT molecular complexity index is 2620. The third-order valence-electron chi connectivity index (χ3n) is 9.24. The van der Waals surface area contributed by atoms with E-state index < -0.39 is 35.2 Å². The van der Waals surface area contributed by atoms with E-state index in [2.05, 4.69) is 6.07 Å². The molecule has 0 saturated heterocycles. The van der Waals surface area contributed by atoms with Gasteiger partial charge in [0.2, 0.25) is 0 Å². The van der Waals surface area contributed by atoms with Crippen molar-refractivity contribution in [2.75, 3.05) is 0 Å². The molecule has 2 heterocycles. The summed E-state index contributed by atoms with van der Waals surface area (Å²) in [5.74, 6) is 0. The van der Waals surface area contributed by atoms with Gasteiger partial charge in [0.25, 0.3) is 0 Å². The molecule has 0 aliphatic rings. The molecule has 0 fully saturated rings. The minimum atomic E-state index is -4.84. The first kappa shape index (κ1) is 33.0. The Labute approximate surface area is 288 Å². The van der Waals surface area contributed by atoms with E-state index in [4.69, 9.17) is 0 Å². The van der Waals surface area contributed by atoms with Crippen LogP contribution in [0.25, 0.3) is 66.1 Å². The van der Waals surface area contributed by atoms with E-state index in [0.29, 0.717) is 32.6 Å². The van der Waals surface area contributed by atoms with E-state index >= 15 is 0 Å². The van der Waals surface area contributed by atoms with Crippen LogP contribution in [0.5, 0.6) is 0 Å². The monoisotopic (exact) mass is 713 g/mol. The first-order chi connectivity index (χ1) is 24.7. The van der Waals surface area contributed by atoms with E-state index in [-0.39, 0.29) is 39.1 Å². The SMILES string of the molecule is N#Cc1c(-n2c3ccccc3c3ccc(C(F)(F)F)cc32)cc(-c2ccccc2C(F)(F)F)cc1-n1c2ccccc2c2ccc(C(F)(F)F)cc21. The number of fused-ring (bicyclic) bond motifs is 6. The molecule has 0 spiro atoms. The molecule has 0 aliphatic carbocycles. The second-order valence-electron chi connectivity index (χ2n) is 12.2. The Morgan fingerprint density at radius 3 is 1.31 bits per heavy atom. The minimum Gasteiger partial charge on any atom is -0.308 e. The van der Waals surface area contributed by atoms with Gasteiger partial charge in [-0.1, -0.05) is 66.7 Å². The zero-order valence-electron chi connectivity index (χ0n) is 26.3. The van der Waals surface area contributed by atoms with Crippen LogP contribution < -0.4 is 0 Å². The summed E-state index contributed by atoms with van der Waals surface area (Å²) in [6, 6.07) is 28.8. The number of hydrogen-bond donors (Lipinski definition) is 0. The molecule has 0 radical (unpaired) electrons. The molecule has 8 aromatic rings. The summed E-state index contributed by atoms with van der Waals surface area (Å²) in [6.07, 6.45) is -14.4. The second kappa shape index (κ2) is 11.4. The molecule has 12 heteroatoms. The number of aromatic nitrogens is 2. The van der Waals surface area contributed by atoms with Crippen molar-refractivity contribution in [2.24, 2.45) is 0 Å². The largest absolute Gasteiger partial charge is 0.417 e. The number of benzene rings is 6. The number of hydrogen-bond acceptors (Lipinski definition) is 1. The fraction of sp³-hybridized carbons (Fsp3) is 0.0750. The van der Waals surface area contributed by atoms with Crippen molar-refractivity contribution in [3.63, 3.8) is 0 Å². The average molecular weight is 714 g/mol. The summed E-state index contributed by atoms with van der Waals surface area (Å²) in [4.78, 5) is 0. The standard InChI is InChI=1S/C40H20F9N3/c41-38(42,43)23-13-15-28-26-8-2-5-11-32(26)51(36(28)19-23)34-17-22(25-7-1-4-10-31(25)40(47,48)49)18-35(30(34)21-50)52-33-12-6-3-9-27(33)29-16-14-24(20-37(29)52)39(44,45)46/h1-20H. The van der Waals surface area contributed by atoms with Crippen LogP contribution >= 0.6 is 0 Å². The summed E-state index contributed by atoms with van der Waals surface area (Å²) in [5.41, 5.74) is -3.03. The first-order valence-electron chi connectivity index (χ1n) is 15.6. The van der Waals surface area contributed by atoms with Gasteiger partial charge in [0, 0.05) is 21.5 Å². The van der Waals surface area contributed by atoms with Gasteiger partial charge in [-0.25, -0.2) is 0 Å². The third kappa shape index (κ3) is 5.15. The molecule has 0 N–H and O–H groups in total. The summed E-state index contributed by atoms with van der Waals surface area (Å²) < 4.78 is 131. The molecule has 2 aromatic heterocycles. The number of para-hydroxylation sites is 2. The van der Waals surface area contributed by atoms with E-state index in [9.17, 15) is 44.8 Å². The van der Waals surface area contributed by atoms with E-state index in [1.54, 1.807) is 48.5 Å². The zero-order chi connectivity index (χ0) is 36.7. The van der Waals surface area contributed by atoms with Crippen molar-refractivity contribution in [1.29, 1.82) is 5.26 Å². The summed E-state index contributed by atoms with van der Waals surface area (Å²) >= 11 is 0. The van der Waals surface area contributed by atoms with E-state index in [1.165, 1.54) is 51.6 Å². The molecule has 8 rings (SSSR count). The van der Waals surface area contributed by atoms with Gasteiger partial charge in [-0.05, 0) is 65.7 Å². The van der Waals surface area contributed by atoms with E-state index in [0.717, 1.165) is 30.3 Å². The maximum atomic E-state index is 14.5. The average Bonchev–Trinajstić information content (AvgIpc) is 3.62. The predicted molar refractivity (Wildman–Crippen MR) is 180 cm³/mol. The Morgan fingerprint density at radius 2 is 0.865 bits per heavy atom. The fourth-order valence-electron chi connectivity index (χ4n) is 7.03. The smallest absolute Gasteiger partial charge is 0.308 e. The molecule has 3 nitrogen and oxygen atoms in total. The molecule has 0 bridgehead atoms. The predicted octanol–water partition coefficient (Wildman–Crippen LogP) is 12.5. The van der Waals surface area contributed by atoms with Crippen LogP contribution in [-0.4, -0.2) is 9.13 Å². The quantitative estimate of drug-likeness (QED) is 0.168. The third-order valence-corrected chi connectivity index (χ3v) is 9.24. The molecule has 0 amide bonds. The van der Waals surface area contributed by atoms with Crippen molar-refractivity contribution in [3.8, 4) is 28.6 Å². The first-order valence-corrected chi connectivity index (χ1v) is 15.6. The van der Waals surface area contributed by atoms with Gasteiger partial charge < -0.3 is 9.13 Å². The van der Waals surface area contributed by atoms with Crippen molar-refractivity contribution in [2.45, 2.75) is 18.5 Å². The molecule has 258 valence electrons. The van der Waals surface area contributed by atoms with Gasteiger partial charge in [0.1, 0.15) is 11.6 Å². The van der Waals surface area contributed by atoms with Gasteiger partial charge in [0.15, 0.2) is 0 Å². The van der Waals surface area contributed by atoms with Crippen LogP contribution in [0.2, 0.25) is 0 Å². The van der Waals surface area contributed by atoms with Gasteiger partial charge in [-0.2, -0.15) is 44.8 Å². The molecular formula is C40H20F9N3. The molecule has 0 unspecified atom stereocenters. The van der Waals surface area contributed by atoms with Gasteiger partial charge in [-0.3, -0.25) is 0 Å². The molecule has 0 aliphatic heterocycles. The highest BCUT2D eigenvalue weighted by Gasteiger charge is 2.35. The van der Waals surface area contributed by atoms with Crippen LogP contribution in [0.3, 0.4) is 0 Å². The van der Waals surface area contributed by atoms with Crippen LogP contribution in [0, 0.1) is 11.3 Å². The highest BCUT2D eigenvalue weighted by Crippen LogP contribution is 2.44. The Hall–Kier alpha value is -6.22. The summed E-state index contributed by atoms with van der Waals surface area (Å²) in [5, 5.41) is 12.6. The maximum Gasteiger partial charge on any atom is 0.417 e. The van der Waals surface area contributed by atoms with Crippen LogP contribution in [0.15, 0.2) is 121 Å². The molecule has 6 aromatic carbocycles. The van der Waals surface area contributed by atoms with Gasteiger partial charge >= 0.3 is 18.5 Å². The molecule has 52 heavy (non-hydrogen) atoms.